The Morgan fingerprint density at radius 3 is 2.10 bits per heavy atom. The standard InChI is InChI=1S/C37H33N5/c1-5-35-40-33-14-8-9-15-34(33)42(35)30-23-21-28(22-24-30)27-17-19-29(20-18-27)37(38-3)32-13-7-6-12-31(32)26(2)39-36-16-10-11-25-41(36)4/h6-25H,2,5H2,1,3-4H3/b38-37-,39-36-. The molecule has 2 aromatic heterocycles. The zero-order valence-electron chi connectivity index (χ0n) is 24.2. The summed E-state index contributed by atoms with van der Waals surface area (Å²) < 4.78 is 4.23. The van der Waals surface area contributed by atoms with E-state index in [1.165, 1.54) is 0 Å². The maximum absolute atomic E-state index is 4.83. The van der Waals surface area contributed by atoms with Crippen LogP contribution < -0.4 is 5.49 Å². The van der Waals surface area contributed by atoms with Crippen LogP contribution in [0.4, 0.5) is 0 Å². The van der Waals surface area contributed by atoms with E-state index in [2.05, 4.69) is 96.9 Å². The molecule has 5 nitrogen and oxygen atoms in total. The van der Waals surface area contributed by atoms with Gasteiger partial charge in [-0.25, -0.2) is 9.98 Å². The van der Waals surface area contributed by atoms with Gasteiger partial charge >= 0.3 is 0 Å². The molecule has 0 aliphatic carbocycles. The van der Waals surface area contributed by atoms with Crippen LogP contribution in [-0.4, -0.2) is 26.9 Å². The number of aromatic nitrogens is 3. The van der Waals surface area contributed by atoms with Crippen molar-refractivity contribution in [1.29, 1.82) is 0 Å². The van der Waals surface area contributed by atoms with E-state index >= 15 is 0 Å². The Balaban J connectivity index is 1.29. The number of benzene rings is 4. The second kappa shape index (κ2) is 11.7. The number of para-hydroxylation sites is 2. The average molecular weight is 548 g/mol. The maximum Gasteiger partial charge on any atom is 0.132 e. The van der Waals surface area contributed by atoms with Crippen LogP contribution in [-0.2, 0) is 13.5 Å². The summed E-state index contributed by atoms with van der Waals surface area (Å²) in [5, 5.41) is 0. The lowest BCUT2D eigenvalue weighted by Gasteiger charge is -2.13. The molecule has 0 radical (unpaired) electrons. The molecule has 0 saturated heterocycles. The maximum atomic E-state index is 4.83. The van der Waals surface area contributed by atoms with Crippen LogP contribution in [0.25, 0.3) is 33.5 Å². The predicted octanol–water partition coefficient (Wildman–Crippen LogP) is 7.63. The van der Waals surface area contributed by atoms with E-state index in [4.69, 9.17) is 15.0 Å². The van der Waals surface area contributed by atoms with Crippen LogP contribution in [0.2, 0.25) is 0 Å². The lowest BCUT2D eigenvalue weighted by molar-refractivity contribution is 0.836. The molecule has 0 N–H and O–H groups in total. The third-order valence-electron chi connectivity index (χ3n) is 7.56. The molecular weight excluding hydrogens is 514 g/mol. The highest BCUT2D eigenvalue weighted by Gasteiger charge is 2.14. The lowest BCUT2D eigenvalue weighted by Crippen LogP contribution is -2.16. The van der Waals surface area contributed by atoms with Crippen LogP contribution in [0.3, 0.4) is 0 Å². The van der Waals surface area contributed by atoms with Gasteiger partial charge in [-0.2, -0.15) is 0 Å². The summed E-state index contributed by atoms with van der Waals surface area (Å²) >= 11 is 0. The second-order valence-electron chi connectivity index (χ2n) is 10.2. The van der Waals surface area contributed by atoms with Gasteiger partial charge in [-0.3, -0.25) is 9.56 Å². The summed E-state index contributed by atoms with van der Waals surface area (Å²) in [6.07, 6.45) is 2.85. The Labute approximate surface area is 246 Å². The molecule has 0 saturated carbocycles. The number of imidazole rings is 1. The normalized spacial score (nSPS) is 12.2. The molecule has 0 spiro atoms. The lowest BCUT2D eigenvalue weighted by atomic mass is 9.94. The van der Waals surface area contributed by atoms with Crippen molar-refractivity contribution in [2.45, 2.75) is 13.3 Å². The van der Waals surface area contributed by atoms with Crippen LogP contribution in [0.1, 0.15) is 29.4 Å². The Bertz CT molecular complexity index is 1990. The van der Waals surface area contributed by atoms with E-state index in [0.717, 1.165) is 68.0 Å². The van der Waals surface area contributed by atoms with Gasteiger partial charge in [0, 0.05) is 49.1 Å². The van der Waals surface area contributed by atoms with Crippen LogP contribution in [0, 0.1) is 0 Å². The largest absolute Gasteiger partial charge is 0.336 e. The minimum absolute atomic E-state index is 0.696. The predicted molar refractivity (Wildman–Crippen MR) is 174 cm³/mol. The first kappa shape index (κ1) is 26.9. The minimum atomic E-state index is 0.696. The Kier molecular flexibility index (Phi) is 7.48. The van der Waals surface area contributed by atoms with Crippen molar-refractivity contribution in [2.24, 2.45) is 17.0 Å². The number of aliphatic imine (C=N–C) groups is 1. The quantitative estimate of drug-likeness (QED) is 0.190. The van der Waals surface area contributed by atoms with Gasteiger partial charge in [0.25, 0.3) is 0 Å². The van der Waals surface area contributed by atoms with Crippen molar-refractivity contribution in [3.8, 4) is 16.8 Å². The van der Waals surface area contributed by atoms with E-state index in [-0.39, 0.29) is 0 Å². The minimum Gasteiger partial charge on any atom is -0.336 e. The molecule has 6 aromatic rings. The first-order valence-corrected chi connectivity index (χ1v) is 14.2. The molecule has 0 bridgehead atoms. The fourth-order valence-corrected chi connectivity index (χ4v) is 5.40. The van der Waals surface area contributed by atoms with Crippen LogP contribution in [0.5, 0.6) is 0 Å². The second-order valence-corrected chi connectivity index (χ2v) is 10.2. The summed E-state index contributed by atoms with van der Waals surface area (Å²) in [6, 6.07) is 39.7. The summed E-state index contributed by atoms with van der Waals surface area (Å²) in [5.41, 5.74) is 11.0. The fraction of sp³-hybridized carbons (Fsp3) is 0.108. The van der Waals surface area contributed by atoms with Crippen LogP contribution >= 0.6 is 0 Å². The van der Waals surface area contributed by atoms with E-state index in [1.807, 2.05) is 61.3 Å². The Morgan fingerprint density at radius 2 is 1.40 bits per heavy atom. The third-order valence-corrected chi connectivity index (χ3v) is 7.56. The molecular formula is C37H33N5. The fourth-order valence-electron chi connectivity index (χ4n) is 5.40. The molecule has 42 heavy (non-hydrogen) atoms. The third kappa shape index (κ3) is 5.13. The highest BCUT2D eigenvalue weighted by molar-refractivity contribution is 6.15. The molecule has 0 aliphatic rings. The molecule has 206 valence electrons. The van der Waals surface area contributed by atoms with E-state index in [9.17, 15) is 0 Å². The zero-order valence-corrected chi connectivity index (χ0v) is 24.2. The number of hydrogen-bond acceptors (Lipinski definition) is 3. The summed E-state index contributed by atoms with van der Waals surface area (Å²) in [4.78, 5) is 14.3. The topological polar surface area (TPSA) is 47.5 Å². The Morgan fingerprint density at radius 1 is 0.762 bits per heavy atom. The Hall–Kier alpha value is -5.29. The monoisotopic (exact) mass is 547 g/mol. The first-order chi connectivity index (χ1) is 20.6. The molecule has 0 fully saturated rings. The van der Waals surface area contributed by atoms with Gasteiger partial charge in [0.1, 0.15) is 11.3 Å². The number of rotatable bonds is 7. The highest BCUT2D eigenvalue weighted by Crippen LogP contribution is 2.27. The SMILES string of the molecule is C=C(/N=c1/ccccn1C)c1ccccc1/C(=N\C)c1ccc(-c2ccc(-n3c(CC)nc4ccccc43)cc2)cc1. The van der Waals surface area contributed by atoms with Gasteiger partial charge < -0.3 is 4.57 Å². The molecule has 0 unspecified atom stereocenters. The molecule has 0 aliphatic heterocycles. The molecule has 0 amide bonds. The van der Waals surface area contributed by atoms with Crippen molar-refractivity contribution in [2.75, 3.05) is 7.05 Å². The van der Waals surface area contributed by atoms with Crippen molar-refractivity contribution in [3.63, 3.8) is 0 Å². The van der Waals surface area contributed by atoms with Gasteiger partial charge in [-0.15, -0.1) is 0 Å². The molecule has 2 heterocycles. The summed E-state index contributed by atoms with van der Waals surface area (Å²) in [7, 11) is 3.81. The van der Waals surface area contributed by atoms with Crippen molar-refractivity contribution in [1.82, 2.24) is 14.1 Å². The number of fused-ring (bicyclic) bond motifs is 1. The average Bonchev–Trinajstić information content (AvgIpc) is 3.42. The van der Waals surface area contributed by atoms with E-state index in [0.29, 0.717) is 5.70 Å². The van der Waals surface area contributed by atoms with Crippen molar-refractivity contribution in [3.05, 3.63) is 156 Å². The smallest absolute Gasteiger partial charge is 0.132 e. The highest BCUT2D eigenvalue weighted by atomic mass is 15.1. The molecule has 6 rings (SSSR count). The van der Waals surface area contributed by atoms with Crippen molar-refractivity contribution < 1.29 is 0 Å². The summed E-state index contributed by atoms with van der Waals surface area (Å²) in [5.74, 6) is 1.06. The van der Waals surface area contributed by atoms with E-state index < -0.39 is 0 Å². The van der Waals surface area contributed by atoms with Crippen molar-refractivity contribution >= 4 is 22.4 Å². The van der Waals surface area contributed by atoms with E-state index in [1.54, 1.807) is 0 Å². The number of aryl methyl sites for hydroxylation is 2. The number of nitrogens with zero attached hydrogens (tertiary/aromatic N) is 5. The van der Waals surface area contributed by atoms with Gasteiger partial charge in [0.15, 0.2) is 0 Å². The molecule has 0 atom stereocenters. The van der Waals surface area contributed by atoms with Crippen LogP contribution in [0.15, 0.2) is 138 Å². The van der Waals surface area contributed by atoms with Gasteiger partial charge in [0.05, 0.1) is 22.4 Å². The molecule has 4 aromatic carbocycles. The van der Waals surface area contributed by atoms with Gasteiger partial charge in [-0.1, -0.05) is 92.4 Å². The van der Waals surface area contributed by atoms with Gasteiger partial charge in [-0.05, 0) is 47.5 Å². The summed E-state index contributed by atoms with van der Waals surface area (Å²) in [6.45, 7) is 6.45. The molecule has 5 heteroatoms. The first-order valence-electron chi connectivity index (χ1n) is 14.2. The number of pyridine rings is 1. The van der Waals surface area contributed by atoms with Gasteiger partial charge in [0.2, 0.25) is 0 Å². The number of hydrogen-bond donors (Lipinski definition) is 0. The zero-order chi connectivity index (χ0) is 29.1.